The number of benzene rings is 1. The van der Waals surface area contributed by atoms with Crippen molar-refractivity contribution in [2.24, 2.45) is 0 Å². The molecule has 4 N–H and O–H groups in total. The van der Waals surface area contributed by atoms with Crippen molar-refractivity contribution in [1.82, 2.24) is 0 Å². The van der Waals surface area contributed by atoms with Crippen LogP contribution in [0.2, 0.25) is 0 Å². The first-order valence-corrected chi connectivity index (χ1v) is 4.92. The molecule has 0 aliphatic rings. The Morgan fingerprint density at radius 3 is 2.00 bits per heavy atom. The molecular weight excluding hydrogens is 323 g/mol. The number of para-hydroxylation sites is 1. The van der Waals surface area contributed by atoms with Crippen molar-refractivity contribution < 1.29 is 61.9 Å². The van der Waals surface area contributed by atoms with Gasteiger partial charge in [-0.1, -0.05) is 18.2 Å². The van der Waals surface area contributed by atoms with Crippen molar-refractivity contribution in [1.29, 1.82) is 0 Å². The van der Waals surface area contributed by atoms with Crippen LogP contribution < -0.4 is 24.8 Å². The second kappa shape index (κ2) is 13.0. The molecule has 2 rings (SSSR count). The second-order valence-corrected chi connectivity index (χ2v) is 3.46. The monoisotopic (exact) mass is 340 g/mol. The average Bonchev–Trinajstić information content (AvgIpc) is 2.63. The van der Waals surface area contributed by atoms with E-state index in [0.29, 0.717) is 5.92 Å². The first kappa shape index (κ1) is 27.3. The molecule has 0 spiro atoms. The van der Waals surface area contributed by atoms with Gasteiger partial charge in [0.05, 0.1) is 0 Å². The summed E-state index contributed by atoms with van der Waals surface area (Å²) in [4.78, 5) is 0. The molecule has 19 heavy (non-hydrogen) atoms. The largest absolute Gasteiger partial charge is 4.00 e. The summed E-state index contributed by atoms with van der Waals surface area (Å²) in [6.07, 6.45) is 1.67. The molecule has 1 aromatic carbocycles. The van der Waals surface area contributed by atoms with Gasteiger partial charge < -0.3 is 54.0 Å². The van der Waals surface area contributed by atoms with Gasteiger partial charge >= 0.3 is 21.7 Å². The zero-order valence-electron chi connectivity index (χ0n) is 10.5. The molecule has 0 bridgehead atoms. The first-order valence-electron chi connectivity index (χ1n) is 4.92. The van der Waals surface area contributed by atoms with Crippen molar-refractivity contribution in [2.45, 2.75) is 18.8 Å². The Morgan fingerprint density at radius 2 is 1.53 bits per heavy atom. The van der Waals surface area contributed by atoms with Crippen LogP contribution in [-0.4, -0.2) is 11.0 Å². The van der Waals surface area contributed by atoms with Gasteiger partial charge in [0.2, 0.25) is 0 Å². The molecule has 2 aromatic rings. The van der Waals surface area contributed by atoms with Crippen molar-refractivity contribution in [3.8, 4) is 0 Å². The van der Waals surface area contributed by atoms with Crippen LogP contribution in [-0.2, 0) is 21.7 Å². The number of hydrogen-bond acceptors (Lipinski definition) is 1. The molecule has 6 heteroatoms. The van der Waals surface area contributed by atoms with Gasteiger partial charge in [-0.25, -0.2) is 0 Å². The minimum absolute atomic E-state index is 0. The van der Waals surface area contributed by atoms with Gasteiger partial charge in [-0.05, 0) is 18.1 Å². The standard InChI is InChI=1S/C13H14O.2ClH.2H2O.Ti/c1-3-10(4-2)13-9-11-7-5-6-8-12(11)14-13;;;;;/h5-10H,1-4H2;2*1H;2*1H2;/q-2;;;;;+4/p-2. The number of halogens is 2. The zero-order valence-corrected chi connectivity index (χ0v) is 13.5. The molecule has 0 saturated carbocycles. The number of furan rings is 1. The smallest absolute Gasteiger partial charge is 1.00 e. The van der Waals surface area contributed by atoms with E-state index in [1.54, 1.807) is 0 Å². The van der Waals surface area contributed by atoms with Crippen LogP contribution in [0.15, 0.2) is 34.7 Å². The Balaban J connectivity index is -0.000000225. The third kappa shape index (κ3) is 6.30. The minimum atomic E-state index is 0. The van der Waals surface area contributed by atoms with E-state index in [4.69, 9.17) is 4.42 Å². The predicted octanol–water partition coefficient (Wildman–Crippen LogP) is -3.68. The predicted molar refractivity (Wildman–Crippen MR) is 66.1 cm³/mol. The van der Waals surface area contributed by atoms with E-state index in [0.717, 1.165) is 29.6 Å². The summed E-state index contributed by atoms with van der Waals surface area (Å²) in [7, 11) is 0. The molecule has 1 aromatic heterocycles. The first-order chi connectivity index (χ1) is 6.85. The Labute approximate surface area is 141 Å². The van der Waals surface area contributed by atoms with E-state index in [1.807, 2.05) is 18.2 Å². The molecule has 0 amide bonds. The number of fused-ring (bicyclic) bond motifs is 1. The molecular formula is C13H18Cl2O3Ti. The molecule has 0 aliphatic heterocycles. The van der Waals surface area contributed by atoms with Crippen LogP contribution in [0.5, 0.6) is 0 Å². The summed E-state index contributed by atoms with van der Waals surface area (Å²) in [6.45, 7) is 7.81. The summed E-state index contributed by atoms with van der Waals surface area (Å²) >= 11 is 0. The number of rotatable bonds is 3. The quantitative estimate of drug-likeness (QED) is 0.419. The van der Waals surface area contributed by atoms with Crippen LogP contribution in [0.1, 0.15) is 24.5 Å². The van der Waals surface area contributed by atoms with Gasteiger partial charge in [-0.15, -0.1) is 0 Å². The third-order valence-corrected chi connectivity index (χ3v) is 2.54. The van der Waals surface area contributed by atoms with Gasteiger partial charge in [0.1, 0.15) is 11.3 Å². The fourth-order valence-electron chi connectivity index (χ4n) is 1.63. The molecule has 3 nitrogen and oxygen atoms in total. The fraction of sp³-hybridized carbons (Fsp3) is 0.231. The zero-order chi connectivity index (χ0) is 9.97. The van der Waals surface area contributed by atoms with E-state index in [-0.39, 0.29) is 57.5 Å². The summed E-state index contributed by atoms with van der Waals surface area (Å²) in [5, 5.41) is 1.16. The average molecular weight is 341 g/mol. The Bertz CT molecular complexity index is 398. The van der Waals surface area contributed by atoms with Gasteiger partial charge in [-0.3, -0.25) is 0 Å². The minimum Gasteiger partial charge on any atom is -1.00 e. The van der Waals surface area contributed by atoms with Gasteiger partial charge in [0, 0.05) is 5.39 Å². The maximum Gasteiger partial charge on any atom is 4.00 e. The molecule has 0 aliphatic carbocycles. The SMILES string of the molecule is O.O.[CH2-]CC(C[CH2-])c1cc2ccccc2o1.[Cl-].[Cl-].[Ti+4]. The Hall–Kier alpha value is -0.0257. The fourth-order valence-corrected chi connectivity index (χ4v) is 1.63. The number of hydrogen-bond donors (Lipinski definition) is 0. The van der Waals surface area contributed by atoms with Crippen LogP contribution in [0.3, 0.4) is 0 Å². The van der Waals surface area contributed by atoms with Crippen LogP contribution >= 0.6 is 0 Å². The molecule has 1 heterocycles. The van der Waals surface area contributed by atoms with Crippen molar-refractivity contribution in [3.05, 3.63) is 49.9 Å². The van der Waals surface area contributed by atoms with Gasteiger partial charge in [0.25, 0.3) is 0 Å². The van der Waals surface area contributed by atoms with Gasteiger partial charge in [-0.2, -0.15) is 12.8 Å². The van der Waals surface area contributed by atoms with E-state index in [2.05, 4.69) is 26.0 Å². The maximum atomic E-state index is 5.73. The van der Waals surface area contributed by atoms with Crippen molar-refractivity contribution in [3.63, 3.8) is 0 Å². The van der Waals surface area contributed by atoms with Gasteiger partial charge in [0.15, 0.2) is 0 Å². The Kier molecular flexibility index (Phi) is 18.7. The summed E-state index contributed by atoms with van der Waals surface area (Å²) in [6, 6.07) is 10.1. The van der Waals surface area contributed by atoms with Crippen LogP contribution in [0.25, 0.3) is 11.0 Å². The molecule has 0 unspecified atom stereocenters. The maximum absolute atomic E-state index is 5.73. The molecule has 0 atom stereocenters. The van der Waals surface area contributed by atoms with Crippen LogP contribution in [0.4, 0.5) is 0 Å². The van der Waals surface area contributed by atoms with E-state index >= 15 is 0 Å². The van der Waals surface area contributed by atoms with E-state index < -0.39 is 0 Å². The summed E-state index contributed by atoms with van der Waals surface area (Å²) < 4.78 is 5.73. The van der Waals surface area contributed by atoms with E-state index in [9.17, 15) is 0 Å². The Morgan fingerprint density at radius 1 is 1.00 bits per heavy atom. The van der Waals surface area contributed by atoms with Crippen LogP contribution in [0, 0.1) is 13.8 Å². The summed E-state index contributed by atoms with van der Waals surface area (Å²) in [5.74, 6) is 1.36. The third-order valence-electron chi connectivity index (χ3n) is 2.54. The molecule has 0 fully saturated rings. The normalized spacial score (nSPS) is 8.37. The summed E-state index contributed by atoms with van der Waals surface area (Å²) in [5.41, 5.74) is 0.953. The second-order valence-electron chi connectivity index (χ2n) is 3.46. The molecule has 0 radical (unpaired) electrons. The van der Waals surface area contributed by atoms with Crippen molar-refractivity contribution >= 4 is 11.0 Å². The van der Waals surface area contributed by atoms with E-state index in [1.165, 1.54) is 0 Å². The topological polar surface area (TPSA) is 76.1 Å². The van der Waals surface area contributed by atoms with Crippen molar-refractivity contribution in [2.75, 3.05) is 0 Å². The molecule has 106 valence electrons. The molecule has 0 saturated heterocycles.